The van der Waals surface area contributed by atoms with Crippen molar-refractivity contribution in [1.29, 1.82) is 0 Å². The number of aromatic nitrogens is 2. The minimum Gasteiger partial charge on any atom is -0.493 e. The van der Waals surface area contributed by atoms with Crippen molar-refractivity contribution < 1.29 is 4.74 Å². The van der Waals surface area contributed by atoms with Gasteiger partial charge in [-0.05, 0) is 40.4 Å². The van der Waals surface area contributed by atoms with Gasteiger partial charge in [0.2, 0.25) is 0 Å². The van der Waals surface area contributed by atoms with Gasteiger partial charge < -0.3 is 15.0 Å². The van der Waals surface area contributed by atoms with Gasteiger partial charge in [-0.2, -0.15) is 5.10 Å². The van der Waals surface area contributed by atoms with Crippen LogP contribution in [-0.4, -0.2) is 48.5 Å². The fourth-order valence-electron chi connectivity index (χ4n) is 3.86. The molecule has 0 spiro atoms. The third kappa shape index (κ3) is 2.81. The Bertz CT molecular complexity index is 449. The van der Waals surface area contributed by atoms with E-state index in [-0.39, 0.29) is 11.6 Å². The summed E-state index contributed by atoms with van der Waals surface area (Å²) in [7, 11) is 8.18. The second-order valence-corrected chi connectivity index (χ2v) is 6.25. The molecule has 0 bridgehead atoms. The number of aryl methyl sites for hydroxylation is 1. The number of nitrogens with zero attached hydrogens (tertiary/aromatic N) is 3. The highest BCUT2D eigenvalue weighted by molar-refractivity contribution is 5.32. The zero-order valence-corrected chi connectivity index (χ0v) is 14.1. The topological polar surface area (TPSA) is 42.3 Å². The normalized spacial score (nSPS) is 19.1. The van der Waals surface area contributed by atoms with Gasteiger partial charge in [0.25, 0.3) is 0 Å². The van der Waals surface area contributed by atoms with Gasteiger partial charge in [0.15, 0.2) is 5.75 Å². The van der Waals surface area contributed by atoms with Crippen molar-refractivity contribution >= 4 is 0 Å². The molecule has 0 amide bonds. The molecule has 0 aliphatic heterocycles. The standard InChI is InChI=1S/C16H30N4O/c1-6-11-20-14(13(21-5)12-18-20)15(17-2)16(19(3)4)9-7-8-10-16/h12,15,17H,6-11H2,1-5H3. The van der Waals surface area contributed by atoms with Crippen LogP contribution in [0.2, 0.25) is 0 Å². The van der Waals surface area contributed by atoms with Crippen molar-refractivity contribution in [2.75, 3.05) is 28.3 Å². The van der Waals surface area contributed by atoms with E-state index in [1.165, 1.54) is 31.4 Å². The number of methoxy groups -OCH3 is 1. The van der Waals surface area contributed by atoms with Crippen molar-refractivity contribution in [3.63, 3.8) is 0 Å². The van der Waals surface area contributed by atoms with Crippen LogP contribution in [0.15, 0.2) is 6.20 Å². The van der Waals surface area contributed by atoms with Crippen molar-refractivity contribution in [2.24, 2.45) is 0 Å². The van der Waals surface area contributed by atoms with Gasteiger partial charge in [-0.1, -0.05) is 19.8 Å². The van der Waals surface area contributed by atoms with Crippen LogP contribution in [0.4, 0.5) is 0 Å². The molecule has 1 unspecified atom stereocenters. The monoisotopic (exact) mass is 294 g/mol. The molecule has 5 heteroatoms. The lowest BCUT2D eigenvalue weighted by Gasteiger charge is -2.43. The molecular formula is C16H30N4O. The summed E-state index contributed by atoms with van der Waals surface area (Å²) in [5.41, 5.74) is 1.34. The smallest absolute Gasteiger partial charge is 0.161 e. The highest BCUT2D eigenvalue weighted by atomic mass is 16.5. The maximum absolute atomic E-state index is 5.60. The zero-order chi connectivity index (χ0) is 15.5. The molecule has 2 rings (SSSR count). The van der Waals surface area contributed by atoms with Gasteiger partial charge >= 0.3 is 0 Å². The van der Waals surface area contributed by atoms with Crippen LogP contribution in [-0.2, 0) is 6.54 Å². The third-order valence-corrected chi connectivity index (χ3v) is 4.96. The first kappa shape index (κ1) is 16.3. The Labute approximate surface area is 128 Å². The number of ether oxygens (including phenoxy) is 1. The number of hydrogen-bond donors (Lipinski definition) is 1. The summed E-state index contributed by atoms with van der Waals surface area (Å²) < 4.78 is 7.71. The van der Waals surface area contributed by atoms with E-state index in [2.05, 4.69) is 48.1 Å². The Kier molecular flexibility index (Phi) is 5.27. The molecule has 0 radical (unpaired) electrons. The average molecular weight is 294 g/mol. The lowest BCUT2D eigenvalue weighted by atomic mass is 9.84. The lowest BCUT2D eigenvalue weighted by molar-refractivity contribution is 0.102. The van der Waals surface area contributed by atoms with Crippen LogP contribution in [0.25, 0.3) is 0 Å². The fourth-order valence-corrected chi connectivity index (χ4v) is 3.86. The molecule has 1 atom stereocenters. The minimum atomic E-state index is 0.146. The van der Waals surface area contributed by atoms with Crippen LogP contribution in [0.1, 0.15) is 50.8 Å². The first-order chi connectivity index (χ1) is 10.1. The molecule has 120 valence electrons. The number of likely N-dealkylation sites (N-methyl/N-ethyl adjacent to an activating group) is 2. The van der Waals surface area contributed by atoms with E-state index in [9.17, 15) is 0 Å². The highest BCUT2D eigenvalue weighted by Gasteiger charge is 2.45. The molecule has 5 nitrogen and oxygen atoms in total. The van der Waals surface area contributed by atoms with Crippen molar-refractivity contribution in [3.05, 3.63) is 11.9 Å². The first-order valence-electron chi connectivity index (χ1n) is 8.05. The summed E-state index contributed by atoms with van der Waals surface area (Å²) in [5, 5.41) is 8.10. The van der Waals surface area contributed by atoms with E-state index in [0.29, 0.717) is 0 Å². The summed E-state index contributed by atoms with van der Waals surface area (Å²) in [6.45, 7) is 3.12. The number of rotatable bonds is 7. The molecule has 1 saturated carbocycles. The number of nitrogens with one attached hydrogen (secondary N) is 1. The molecule has 1 aliphatic carbocycles. The largest absolute Gasteiger partial charge is 0.493 e. The SMILES string of the molecule is CCCn1ncc(OC)c1C(NC)C1(N(C)C)CCCC1. The highest BCUT2D eigenvalue weighted by Crippen LogP contribution is 2.45. The molecule has 0 aromatic carbocycles. The molecule has 21 heavy (non-hydrogen) atoms. The number of hydrogen-bond acceptors (Lipinski definition) is 4. The van der Waals surface area contributed by atoms with Gasteiger partial charge in [0.05, 0.1) is 25.0 Å². The van der Waals surface area contributed by atoms with E-state index < -0.39 is 0 Å². The summed E-state index contributed by atoms with van der Waals surface area (Å²) in [4.78, 5) is 2.39. The predicted octanol–water partition coefficient (Wildman–Crippen LogP) is 2.44. The summed E-state index contributed by atoms with van der Waals surface area (Å²) in [6, 6.07) is 0.235. The van der Waals surface area contributed by atoms with Crippen molar-refractivity contribution in [3.8, 4) is 5.75 Å². The quantitative estimate of drug-likeness (QED) is 0.839. The van der Waals surface area contributed by atoms with Crippen LogP contribution in [0.5, 0.6) is 5.75 Å². The van der Waals surface area contributed by atoms with E-state index in [4.69, 9.17) is 4.74 Å². The average Bonchev–Trinajstić information content (AvgIpc) is 3.09. The van der Waals surface area contributed by atoms with Crippen molar-refractivity contribution in [2.45, 2.75) is 57.2 Å². The Morgan fingerprint density at radius 3 is 2.57 bits per heavy atom. The summed E-state index contributed by atoms with van der Waals surface area (Å²) in [6.07, 6.45) is 7.94. The van der Waals surface area contributed by atoms with Gasteiger partial charge in [0.1, 0.15) is 0 Å². The van der Waals surface area contributed by atoms with Crippen LogP contribution in [0.3, 0.4) is 0 Å². The Balaban J connectivity index is 2.47. The first-order valence-corrected chi connectivity index (χ1v) is 8.05. The Morgan fingerprint density at radius 1 is 1.43 bits per heavy atom. The third-order valence-electron chi connectivity index (χ3n) is 4.96. The maximum atomic E-state index is 5.60. The van der Waals surface area contributed by atoms with Gasteiger partial charge in [-0.3, -0.25) is 4.68 Å². The van der Waals surface area contributed by atoms with E-state index in [1.54, 1.807) is 7.11 Å². The van der Waals surface area contributed by atoms with E-state index >= 15 is 0 Å². The van der Waals surface area contributed by atoms with Gasteiger partial charge in [0, 0.05) is 12.1 Å². The fraction of sp³-hybridized carbons (Fsp3) is 0.812. The van der Waals surface area contributed by atoms with Crippen LogP contribution >= 0.6 is 0 Å². The van der Waals surface area contributed by atoms with E-state index in [1.807, 2.05) is 6.20 Å². The Morgan fingerprint density at radius 2 is 2.10 bits per heavy atom. The van der Waals surface area contributed by atoms with Crippen LogP contribution in [0, 0.1) is 0 Å². The molecule has 1 aromatic heterocycles. The van der Waals surface area contributed by atoms with Crippen molar-refractivity contribution in [1.82, 2.24) is 20.0 Å². The van der Waals surface area contributed by atoms with Gasteiger partial charge in [-0.25, -0.2) is 0 Å². The van der Waals surface area contributed by atoms with E-state index in [0.717, 1.165) is 18.7 Å². The lowest BCUT2D eigenvalue weighted by Crippen LogP contribution is -2.52. The summed E-state index contributed by atoms with van der Waals surface area (Å²) >= 11 is 0. The Hall–Kier alpha value is -1.07. The second kappa shape index (κ2) is 6.79. The molecule has 1 aliphatic rings. The molecule has 1 N–H and O–H groups in total. The molecule has 0 saturated heterocycles. The second-order valence-electron chi connectivity index (χ2n) is 6.25. The molecule has 1 fully saturated rings. The maximum Gasteiger partial charge on any atom is 0.161 e. The molecular weight excluding hydrogens is 264 g/mol. The van der Waals surface area contributed by atoms with Crippen LogP contribution < -0.4 is 10.1 Å². The molecule has 1 aromatic rings. The van der Waals surface area contributed by atoms with Gasteiger partial charge in [-0.15, -0.1) is 0 Å². The predicted molar refractivity (Wildman–Crippen MR) is 85.8 cm³/mol. The minimum absolute atomic E-state index is 0.146. The summed E-state index contributed by atoms with van der Waals surface area (Å²) in [5.74, 6) is 0.899. The zero-order valence-electron chi connectivity index (χ0n) is 14.1. The molecule has 1 heterocycles.